The number of ether oxygens (including phenoxy) is 1. The summed E-state index contributed by atoms with van der Waals surface area (Å²) >= 11 is 12.1. The van der Waals surface area contributed by atoms with Gasteiger partial charge in [-0.2, -0.15) is 0 Å². The van der Waals surface area contributed by atoms with Gasteiger partial charge in [-0.3, -0.25) is 4.79 Å². The van der Waals surface area contributed by atoms with Gasteiger partial charge in [-0.05, 0) is 37.3 Å². The lowest BCUT2D eigenvalue weighted by molar-refractivity contribution is -0.111. The van der Waals surface area contributed by atoms with E-state index < -0.39 is 0 Å². The Balaban J connectivity index is 2.12. The van der Waals surface area contributed by atoms with Crippen molar-refractivity contribution in [1.29, 1.82) is 0 Å². The van der Waals surface area contributed by atoms with Crippen molar-refractivity contribution in [2.45, 2.75) is 6.92 Å². The lowest BCUT2D eigenvalue weighted by Gasteiger charge is -2.09. The zero-order valence-electron chi connectivity index (χ0n) is 12.0. The van der Waals surface area contributed by atoms with Crippen LogP contribution in [0, 0.1) is 0 Å². The number of para-hydroxylation sites is 2. The van der Waals surface area contributed by atoms with Crippen LogP contribution in [0.2, 0.25) is 10.0 Å². The lowest BCUT2D eigenvalue weighted by Crippen LogP contribution is -2.09. The molecule has 0 fully saturated rings. The fraction of sp³-hybridized carbons (Fsp3) is 0.118. The topological polar surface area (TPSA) is 38.3 Å². The first-order valence-corrected chi connectivity index (χ1v) is 7.52. The van der Waals surface area contributed by atoms with E-state index in [2.05, 4.69) is 5.32 Å². The summed E-state index contributed by atoms with van der Waals surface area (Å²) in [5.41, 5.74) is 1.23. The highest BCUT2D eigenvalue weighted by Gasteiger charge is 2.06. The second kappa shape index (κ2) is 7.87. The molecule has 0 aliphatic rings. The summed E-state index contributed by atoms with van der Waals surface area (Å²) in [6, 6.07) is 12.4. The van der Waals surface area contributed by atoms with Crippen LogP contribution in [-0.4, -0.2) is 12.5 Å². The van der Waals surface area contributed by atoms with E-state index in [1.165, 1.54) is 6.08 Å². The molecular weight excluding hydrogens is 321 g/mol. The average Bonchev–Trinajstić information content (AvgIpc) is 2.49. The SMILES string of the molecule is CCOc1ccccc1NC(=O)C=Cc1c(Cl)cccc1Cl. The molecule has 0 atom stereocenters. The van der Waals surface area contributed by atoms with Crippen LogP contribution >= 0.6 is 23.2 Å². The van der Waals surface area contributed by atoms with Gasteiger partial charge in [0.15, 0.2) is 0 Å². The van der Waals surface area contributed by atoms with Gasteiger partial charge in [0.05, 0.1) is 12.3 Å². The summed E-state index contributed by atoms with van der Waals surface area (Å²) in [7, 11) is 0. The molecule has 1 amide bonds. The molecule has 0 unspecified atom stereocenters. The van der Waals surface area contributed by atoms with Gasteiger partial charge in [0.1, 0.15) is 5.75 Å². The zero-order chi connectivity index (χ0) is 15.9. The van der Waals surface area contributed by atoms with Crippen molar-refractivity contribution in [1.82, 2.24) is 0 Å². The molecule has 1 N–H and O–H groups in total. The molecule has 22 heavy (non-hydrogen) atoms. The number of nitrogens with one attached hydrogen (secondary N) is 1. The number of rotatable bonds is 5. The van der Waals surface area contributed by atoms with Gasteiger partial charge in [0.2, 0.25) is 5.91 Å². The predicted molar refractivity (Wildman–Crippen MR) is 91.7 cm³/mol. The summed E-state index contributed by atoms with van der Waals surface area (Å²) in [5.74, 6) is 0.339. The van der Waals surface area contributed by atoms with Crippen LogP contribution in [0.15, 0.2) is 48.5 Å². The number of anilines is 1. The number of amides is 1. The van der Waals surface area contributed by atoms with E-state index in [4.69, 9.17) is 27.9 Å². The van der Waals surface area contributed by atoms with Crippen LogP contribution in [0.4, 0.5) is 5.69 Å². The third-order valence-electron chi connectivity index (χ3n) is 2.85. The fourth-order valence-corrected chi connectivity index (χ4v) is 2.38. The van der Waals surface area contributed by atoms with Crippen LogP contribution < -0.4 is 10.1 Å². The Labute approximate surface area is 139 Å². The van der Waals surface area contributed by atoms with E-state index in [1.807, 2.05) is 19.1 Å². The molecule has 2 aromatic carbocycles. The highest BCUT2D eigenvalue weighted by Crippen LogP contribution is 2.26. The molecule has 0 saturated heterocycles. The molecule has 0 aliphatic heterocycles. The molecule has 0 spiro atoms. The smallest absolute Gasteiger partial charge is 0.248 e. The minimum absolute atomic E-state index is 0.289. The van der Waals surface area contributed by atoms with E-state index >= 15 is 0 Å². The number of hydrogen-bond acceptors (Lipinski definition) is 2. The highest BCUT2D eigenvalue weighted by molar-refractivity contribution is 6.37. The van der Waals surface area contributed by atoms with Gasteiger partial charge in [-0.1, -0.05) is 41.4 Å². The van der Waals surface area contributed by atoms with Crippen molar-refractivity contribution in [2.75, 3.05) is 11.9 Å². The van der Waals surface area contributed by atoms with Crippen LogP contribution in [-0.2, 0) is 4.79 Å². The standard InChI is InChI=1S/C17H15Cl2NO2/c1-2-22-16-9-4-3-8-15(16)20-17(21)11-10-12-13(18)6-5-7-14(12)19/h3-11H,2H2,1H3,(H,20,21). The maximum absolute atomic E-state index is 12.0. The van der Waals surface area contributed by atoms with E-state index in [1.54, 1.807) is 36.4 Å². The van der Waals surface area contributed by atoms with Crippen LogP contribution in [0.1, 0.15) is 12.5 Å². The maximum Gasteiger partial charge on any atom is 0.248 e. The van der Waals surface area contributed by atoms with Crippen LogP contribution in [0.3, 0.4) is 0 Å². The minimum atomic E-state index is -0.289. The van der Waals surface area contributed by atoms with Crippen LogP contribution in [0.5, 0.6) is 5.75 Å². The van der Waals surface area contributed by atoms with Gasteiger partial charge < -0.3 is 10.1 Å². The first-order valence-electron chi connectivity index (χ1n) is 6.76. The molecule has 0 aromatic heterocycles. The Kier molecular flexibility index (Phi) is 5.87. The molecule has 0 heterocycles. The van der Waals surface area contributed by atoms with Crippen molar-refractivity contribution >= 4 is 40.9 Å². The molecule has 2 aromatic rings. The molecule has 0 bridgehead atoms. The number of halogens is 2. The molecular formula is C17H15Cl2NO2. The Morgan fingerprint density at radius 3 is 2.50 bits per heavy atom. The molecule has 0 saturated carbocycles. The van der Waals surface area contributed by atoms with E-state index in [9.17, 15) is 4.79 Å². The minimum Gasteiger partial charge on any atom is -0.492 e. The molecule has 2 rings (SSSR count). The molecule has 0 radical (unpaired) electrons. The van der Waals surface area contributed by atoms with Crippen molar-refractivity contribution < 1.29 is 9.53 Å². The summed E-state index contributed by atoms with van der Waals surface area (Å²) in [4.78, 5) is 12.0. The zero-order valence-corrected chi connectivity index (χ0v) is 13.5. The second-order valence-corrected chi connectivity index (χ2v) is 5.20. The summed E-state index contributed by atoms with van der Waals surface area (Å²) in [6.45, 7) is 2.41. The average molecular weight is 336 g/mol. The maximum atomic E-state index is 12.0. The summed E-state index contributed by atoms with van der Waals surface area (Å²) in [6.07, 6.45) is 2.97. The number of hydrogen-bond donors (Lipinski definition) is 1. The Hall–Kier alpha value is -1.97. The van der Waals surface area contributed by atoms with Gasteiger partial charge >= 0.3 is 0 Å². The summed E-state index contributed by atoms with van der Waals surface area (Å²) in [5, 5.41) is 3.75. The normalized spacial score (nSPS) is 10.7. The fourth-order valence-electron chi connectivity index (χ4n) is 1.85. The third kappa shape index (κ3) is 4.26. The monoisotopic (exact) mass is 335 g/mol. The highest BCUT2D eigenvalue weighted by atomic mass is 35.5. The summed E-state index contributed by atoms with van der Waals surface area (Å²) < 4.78 is 5.46. The van der Waals surface area contributed by atoms with Crippen LogP contribution in [0.25, 0.3) is 6.08 Å². The molecule has 0 aliphatic carbocycles. The van der Waals surface area contributed by atoms with E-state index in [-0.39, 0.29) is 5.91 Å². The van der Waals surface area contributed by atoms with Gasteiger partial charge in [0, 0.05) is 21.7 Å². The number of carbonyl (C=O) groups excluding carboxylic acids is 1. The Morgan fingerprint density at radius 2 is 1.82 bits per heavy atom. The first kappa shape index (κ1) is 16.4. The van der Waals surface area contributed by atoms with Crippen molar-refractivity contribution in [3.8, 4) is 5.75 Å². The van der Waals surface area contributed by atoms with Crippen molar-refractivity contribution in [3.63, 3.8) is 0 Å². The Bertz CT molecular complexity index is 679. The van der Waals surface area contributed by atoms with Gasteiger partial charge in [0.25, 0.3) is 0 Å². The predicted octanol–water partition coefficient (Wildman–Crippen LogP) is 5.04. The third-order valence-corrected chi connectivity index (χ3v) is 3.51. The van der Waals surface area contributed by atoms with Crippen molar-refractivity contribution in [3.05, 3.63) is 64.1 Å². The first-order chi connectivity index (χ1) is 10.6. The lowest BCUT2D eigenvalue weighted by atomic mass is 10.2. The van der Waals surface area contributed by atoms with Gasteiger partial charge in [-0.25, -0.2) is 0 Å². The quantitative estimate of drug-likeness (QED) is 0.777. The second-order valence-electron chi connectivity index (χ2n) is 4.39. The molecule has 114 valence electrons. The van der Waals surface area contributed by atoms with Gasteiger partial charge in [-0.15, -0.1) is 0 Å². The number of benzene rings is 2. The van der Waals surface area contributed by atoms with E-state index in [0.29, 0.717) is 33.7 Å². The van der Waals surface area contributed by atoms with Crippen molar-refractivity contribution in [2.24, 2.45) is 0 Å². The Morgan fingerprint density at radius 1 is 1.14 bits per heavy atom. The molecule has 5 heteroatoms. The molecule has 3 nitrogen and oxygen atoms in total. The largest absolute Gasteiger partial charge is 0.492 e. The van der Waals surface area contributed by atoms with E-state index in [0.717, 1.165) is 0 Å². The number of carbonyl (C=O) groups is 1.